The molecule has 2 aliphatic rings. The van der Waals surface area contributed by atoms with Crippen molar-refractivity contribution in [2.75, 3.05) is 6.54 Å². The van der Waals surface area contributed by atoms with Gasteiger partial charge in [0.25, 0.3) is 0 Å². The Kier molecular flexibility index (Phi) is 4.88. The number of piperidine rings is 1. The summed E-state index contributed by atoms with van der Waals surface area (Å²) in [5.41, 5.74) is -0.611. The van der Waals surface area contributed by atoms with Gasteiger partial charge in [0.05, 0.1) is 5.92 Å². The molecule has 0 aromatic heterocycles. The summed E-state index contributed by atoms with van der Waals surface area (Å²) in [7, 11) is 0. The lowest BCUT2D eigenvalue weighted by atomic mass is 10.2. The van der Waals surface area contributed by atoms with E-state index in [1.54, 1.807) is 20.8 Å². The van der Waals surface area contributed by atoms with Crippen LogP contribution in [-0.2, 0) is 14.3 Å². The van der Waals surface area contributed by atoms with Crippen molar-refractivity contribution in [3.63, 3.8) is 0 Å². The minimum Gasteiger partial charge on any atom is -0.444 e. The number of likely N-dealkylation sites (tertiary alicyclic amines) is 1. The Hall–Kier alpha value is -0.680. The number of alkyl halides is 2. The first-order valence-electron chi connectivity index (χ1n) is 7.65. The number of hydrogen-bond acceptors (Lipinski definition) is 4. The fourth-order valence-corrected chi connectivity index (χ4v) is 3.50. The molecule has 1 unspecified atom stereocenters. The summed E-state index contributed by atoms with van der Waals surface area (Å²) < 4.78 is 9.91. The van der Waals surface area contributed by atoms with Gasteiger partial charge in [-0.05, 0) is 27.2 Å². The Morgan fingerprint density at radius 3 is 2.50 bits per heavy atom. The van der Waals surface area contributed by atoms with Crippen LogP contribution in [0.3, 0.4) is 0 Å². The van der Waals surface area contributed by atoms with Crippen molar-refractivity contribution in [1.29, 1.82) is 0 Å². The van der Waals surface area contributed by atoms with Gasteiger partial charge in [0.15, 0.2) is 6.23 Å². The van der Waals surface area contributed by atoms with Gasteiger partial charge in [0.1, 0.15) is 9.93 Å². The molecule has 0 spiro atoms. The highest BCUT2D eigenvalue weighted by Crippen LogP contribution is 2.65. The summed E-state index contributed by atoms with van der Waals surface area (Å²) in [6.45, 7) is 7.71. The van der Waals surface area contributed by atoms with Crippen LogP contribution in [0, 0.1) is 11.8 Å². The number of unbranched alkanes of at least 4 members (excludes halogenated alkanes) is 1. The molecule has 0 aromatic carbocycles. The molecule has 3 atom stereocenters. The van der Waals surface area contributed by atoms with Gasteiger partial charge >= 0.3 is 12.1 Å². The number of fused-ring (bicyclic) bond motifs is 1. The number of hydrogen-bond donors (Lipinski definition) is 0. The van der Waals surface area contributed by atoms with Crippen LogP contribution in [0.2, 0.25) is 0 Å². The zero-order chi connectivity index (χ0) is 16.7. The third-order valence-corrected chi connectivity index (χ3v) is 4.95. The molecule has 0 bridgehead atoms. The van der Waals surface area contributed by atoms with Crippen LogP contribution >= 0.6 is 23.2 Å². The first kappa shape index (κ1) is 17.7. The second-order valence-electron chi connectivity index (χ2n) is 6.92. The molecule has 1 aliphatic heterocycles. The Bertz CT molecular complexity index is 461. The molecule has 22 heavy (non-hydrogen) atoms. The molecule has 1 saturated carbocycles. The molecule has 2 fully saturated rings. The van der Waals surface area contributed by atoms with Crippen molar-refractivity contribution in [1.82, 2.24) is 4.90 Å². The van der Waals surface area contributed by atoms with Crippen LogP contribution in [0.15, 0.2) is 0 Å². The highest BCUT2D eigenvalue weighted by molar-refractivity contribution is 6.51. The number of esters is 1. The quantitative estimate of drug-likeness (QED) is 0.572. The molecule has 5 nitrogen and oxygen atoms in total. The number of carbonyl (C=O) groups is 2. The maximum absolute atomic E-state index is 12.3. The highest BCUT2D eigenvalue weighted by atomic mass is 35.5. The number of ether oxygens (including phenoxy) is 2. The van der Waals surface area contributed by atoms with Crippen molar-refractivity contribution < 1.29 is 19.1 Å². The zero-order valence-corrected chi connectivity index (χ0v) is 14.9. The maximum Gasteiger partial charge on any atom is 0.413 e. The zero-order valence-electron chi connectivity index (χ0n) is 13.4. The molecule has 1 saturated heterocycles. The first-order chi connectivity index (χ1) is 10.1. The number of nitrogens with zero attached hydrogens (tertiary/aromatic N) is 1. The van der Waals surface area contributed by atoms with Gasteiger partial charge in [-0.1, -0.05) is 13.3 Å². The van der Waals surface area contributed by atoms with Gasteiger partial charge in [-0.15, -0.1) is 23.2 Å². The minimum absolute atomic E-state index is 0.0765. The van der Waals surface area contributed by atoms with Crippen LogP contribution in [-0.4, -0.2) is 39.7 Å². The second-order valence-corrected chi connectivity index (χ2v) is 8.37. The van der Waals surface area contributed by atoms with E-state index in [2.05, 4.69) is 0 Å². The van der Waals surface area contributed by atoms with Crippen LogP contribution < -0.4 is 0 Å². The molecule has 0 N–H and O–H groups in total. The number of amides is 1. The Morgan fingerprint density at radius 1 is 1.32 bits per heavy atom. The van der Waals surface area contributed by atoms with Crippen LogP contribution in [0.5, 0.6) is 0 Å². The lowest BCUT2D eigenvalue weighted by molar-refractivity contribution is -0.157. The van der Waals surface area contributed by atoms with E-state index in [0.29, 0.717) is 13.0 Å². The van der Waals surface area contributed by atoms with Crippen LogP contribution in [0.4, 0.5) is 4.79 Å². The molecule has 7 heteroatoms. The van der Waals surface area contributed by atoms with E-state index in [0.717, 1.165) is 12.8 Å². The van der Waals surface area contributed by atoms with E-state index in [1.165, 1.54) is 4.90 Å². The van der Waals surface area contributed by atoms with E-state index in [1.807, 2.05) is 6.92 Å². The highest BCUT2D eigenvalue weighted by Gasteiger charge is 2.74. The van der Waals surface area contributed by atoms with Crippen LogP contribution in [0.1, 0.15) is 47.0 Å². The summed E-state index contributed by atoms with van der Waals surface area (Å²) in [6.07, 6.45) is 0.732. The Labute approximate surface area is 141 Å². The normalized spacial score (nSPS) is 29.0. The summed E-state index contributed by atoms with van der Waals surface area (Å²) >= 11 is 12.4. The molecular formula is C15H23Cl2NO4. The molecular weight excluding hydrogens is 329 g/mol. The lowest BCUT2D eigenvalue weighted by Gasteiger charge is -2.31. The molecule has 126 valence electrons. The number of carbonyl (C=O) groups excluding carboxylic acids is 2. The average molecular weight is 352 g/mol. The van der Waals surface area contributed by atoms with Gasteiger partial charge < -0.3 is 9.47 Å². The van der Waals surface area contributed by atoms with Crippen molar-refractivity contribution in [3.05, 3.63) is 0 Å². The summed E-state index contributed by atoms with van der Waals surface area (Å²) in [5.74, 6) is -0.654. The molecule has 1 heterocycles. The van der Waals surface area contributed by atoms with E-state index in [4.69, 9.17) is 32.7 Å². The number of rotatable bonds is 4. The van der Waals surface area contributed by atoms with Gasteiger partial charge in [0, 0.05) is 18.9 Å². The fourth-order valence-electron chi connectivity index (χ4n) is 2.70. The van der Waals surface area contributed by atoms with Gasteiger partial charge in [0.2, 0.25) is 0 Å². The van der Waals surface area contributed by atoms with Crippen molar-refractivity contribution in [2.45, 2.75) is 63.1 Å². The average Bonchev–Trinajstić information content (AvgIpc) is 2.73. The molecule has 1 aliphatic carbocycles. The second kappa shape index (κ2) is 6.08. The standard InChI is InChI=1S/C15H23Cl2NO4/c1-5-6-7-10(19)21-12-11-9(15(11,16)17)8-18(12)13(20)22-14(2,3)4/h9,11-12H,5-8H2,1-4H3/t9?,11-,12+/m0/s1. The maximum atomic E-state index is 12.3. The minimum atomic E-state index is -0.922. The molecule has 0 aromatic rings. The lowest BCUT2D eigenvalue weighted by Crippen LogP contribution is -2.45. The summed E-state index contributed by atoms with van der Waals surface area (Å²) in [6, 6.07) is 0. The van der Waals surface area contributed by atoms with Crippen molar-refractivity contribution in [3.8, 4) is 0 Å². The monoisotopic (exact) mass is 351 g/mol. The van der Waals surface area contributed by atoms with Crippen LogP contribution in [0.25, 0.3) is 0 Å². The third-order valence-electron chi connectivity index (χ3n) is 3.89. The number of halogens is 2. The Morgan fingerprint density at radius 2 is 1.95 bits per heavy atom. The van der Waals surface area contributed by atoms with E-state index in [-0.39, 0.29) is 17.8 Å². The topological polar surface area (TPSA) is 55.8 Å². The van der Waals surface area contributed by atoms with Gasteiger partial charge in [-0.3, -0.25) is 9.69 Å². The SMILES string of the molecule is CCCCC(=O)O[C@@H]1[C@@H]2C(CN1C(=O)OC(C)(C)C)C2(Cl)Cl. The molecule has 2 rings (SSSR count). The predicted molar refractivity (Wildman–Crippen MR) is 83.8 cm³/mol. The third kappa shape index (κ3) is 3.62. The molecule has 1 amide bonds. The van der Waals surface area contributed by atoms with E-state index in [9.17, 15) is 9.59 Å². The smallest absolute Gasteiger partial charge is 0.413 e. The van der Waals surface area contributed by atoms with E-state index >= 15 is 0 Å². The van der Waals surface area contributed by atoms with Crippen molar-refractivity contribution in [2.24, 2.45) is 11.8 Å². The summed E-state index contributed by atoms with van der Waals surface area (Å²) in [4.78, 5) is 25.6. The van der Waals surface area contributed by atoms with E-state index < -0.39 is 22.3 Å². The largest absolute Gasteiger partial charge is 0.444 e. The Balaban J connectivity index is 2.04. The van der Waals surface area contributed by atoms with Gasteiger partial charge in [-0.2, -0.15) is 0 Å². The first-order valence-corrected chi connectivity index (χ1v) is 8.40. The summed E-state index contributed by atoms with van der Waals surface area (Å²) in [5, 5.41) is 0. The molecule has 0 radical (unpaired) electrons. The van der Waals surface area contributed by atoms with Gasteiger partial charge in [-0.25, -0.2) is 4.79 Å². The predicted octanol–water partition coefficient (Wildman–Crippen LogP) is 3.72. The van der Waals surface area contributed by atoms with Crippen molar-refractivity contribution >= 4 is 35.3 Å². The fraction of sp³-hybridized carbons (Fsp3) is 0.867.